The summed E-state index contributed by atoms with van der Waals surface area (Å²) in [5.41, 5.74) is 7.30. The average molecular weight is 1540 g/mol. The molecule has 5 heterocycles. The number of aromatic amines is 2. The highest BCUT2D eigenvalue weighted by Crippen LogP contribution is 2.45. The first-order valence-corrected chi connectivity index (χ1v) is 49.4. The molecule has 0 aliphatic carbocycles. The second-order valence-electron chi connectivity index (χ2n) is 32.1. The Labute approximate surface area is 674 Å². The third-order valence-electron chi connectivity index (χ3n) is 22.8. The summed E-state index contributed by atoms with van der Waals surface area (Å²) < 4.78 is 0. The number of fused-ring (bicyclic) bond motifs is 20. The number of aromatic nitrogens is 8. The van der Waals surface area contributed by atoms with Gasteiger partial charge in [0.2, 0.25) is 0 Å². The van der Waals surface area contributed by atoms with Gasteiger partial charge in [0.25, 0.3) is 0 Å². The van der Waals surface area contributed by atoms with Crippen LogP contribution in [0.5, 0.6) is 0 Å². The second-order valence-corrected chi connectivity index (χ2v) is 36.7. The number of nitrogens with one attached hydrogen (secondary N) is 2. The number of rotatable bonds is 64. The highest BCUT2D eigenvalue weighted by Gasteiger charge is 2.27. The summed E-state index contributed by atoms with van der Waals surface area (Å²) in [5.74, 6) is 6.98. The molecule has 2 aliphatic rings. The summed E-state index contributed by atoms with van der Waals surface area (Å²) in [6.07, 6.45) is 76.3. The number of hydrogen-bond donors (Lipinski definition) is 2. The minimum absolute atomic E-state index is 0.683. The standard InChI is InChI=1S/C96H146N8S4/c1-5-9-13-17-21-25-29-33-37-41-45-49-53-57-73-105-81-69-61-65-77-85(81)93-97-89(77)102-94-87-79(67-63-71-83(87)107-75-59-55-51-47-43-39-35-31-27-23-19-15-11-7-3)91(99-94)104-96-88-80(68-64-72-84(88)108-76-60-56-52-48-44-40-36-32-28-24-20-16-12-8-4)92(100-96)103-95-86-78(90(98-95)101-93)66-62-70-82(86)106-74-58-54-50-46-42-38-34-30-26-22-18-14-10-6-2/h61-72H,5-60,73-76H2,1-4H3,(H2,97,98,99,100,101,102,103,104). The van der Waals surface area contributed by atoms with Gasteiger partial charge in [-0.3, -0.25) is 0 Å². The predicted molar refractivity (Wildman–Crippen MR) is 480 cm³/mol. The molecule has 0 radical (unpaired) electrons. The molecule has 0 saturated heterocycles. The number of unbranched alkanes of at least 4 members (excludes halogenated alkanes) is 52. The normalized spacial score (nSPS) is 12.0. The van der Waals surface area contributed by atoms with Crippen molar-refractivity contribution in [3.63, 3.8) is 0 Å². The molecule has 0 fully saturated rings. The maximum Gasteiger partial charge on any atom is 0.165 e. The summed E-state index contributed by atoms with van der Waals surface area (Å²) in [6, 6.07) is 27.0. The lowest BCUT2D eigenvalue weighted by molar-refractivity contribution is 0.538. The zero-order valence-electron chi connectivity index (χ0n) is 68.7. The molecule has 2 N–H and O–H groups in total. The largest absolute Gasteiger partial charge is 0.324 e. The predicted octanol–water partition coefficient (Wildman–Crippen LogP) is 33.2. The third kappa shape index (κ3) is 30.5. The van der Waals surface area contributed by atoms with Crippen LogP contribution >= 0.6 is 47.0 Å². The summed E-state index contributed by atoms with van der Waals surface area (Å²) in [7, 11) is 0. The molecule has 0 spiro atoms. The van der Waals surface area contributed by atoms with E-state index in [0.717, 1.165) is 89.4 Å². The molecule has 0 atom stereocenters. The van der Waals surface area contributed by atoms with E-state index in [4.69, 9.17) is 29.9 Å². The van der Waals surface area contributed by atoms with Gasteiger partial charge in [0.1, 0.15) is 22.6 Å². The first kappa shape index (κ1) is 87.6. The van der Waals surface area contributed by atoms with Crippen molar-refractivity contribution in [1.29, 1.82) is 0 Å². The molecule has 4 aromatic carbocycles. The molecule has 8 nitrogen and oxygen atoms in total. The molecule has 0 saturated carbocycles. The van der Waals surface area contributed by atoms with E-state index in [1.165, 1.54) is 379 Å². The van der Waals surface area contributed by atoms with Crippen LogP contribution in [0.15, 0.2) is 92.4 Å². The fourth-order valence-electron chi connectivity index (χ4n) is 16.3. The molecule has 9 rings (SSSR count). The Kier molecular flexibility index (Phi) is 44.1. The Balaban J connectivity index is 0.995. The van der Waals surface area contributed by atoms with Crippen LogP contribution in [0.25, 0.3) is 89.7 Å². The lowest BCUT2D eigenvalue weighted by Crippen LogP contribution is -1.89. The maximum atomic E-state index is 5.71. The van der Waals surface area contributed by atoms with E-state index in [1.807, 2.05) is 47.0 Å². The molecule has 7 aromatic rings. The average Bonchev–Trinajstić information content (AvgIpc) is 1.59. The van der Waals surface area contributed by atoms with Crippen molar-refractivity contribution in [3.05, 3.63) is 72.8 Å². The highest BCUT2D eigenvalue weighted by molar-refractivity contribution is 8.00. The van der Waals surface area contributed by atoms with Gasteiger partial charge < -0.3 is 9.97 Å². The van der Waals surface area contributed by atoms with Gasteiger partial charge in [-0.05, 0) is 73.0 Å². The van der Waals surface area contributed by atoms with Crippen LogP contribution in [0.2, 0.25) is 0 Å². The van der Waals surface area contributed by atoms with E-state index in [-0.39, 0.29) is 0 Å². The van der Waals surface area contributed by atoms with E-state index >= 15 is 0 Å². The second kappa shape index (κ2) is 54.4. The Morgan fingerprint density at radius 3 is 0.685 bits per heavy atom. The molecule has 108 heavy (non-hydrogen) atoms. The molecule has 594 valence electrons. The van der Waals surface area contributed by atoms with Gasteiger partial charge in [-0.2, -0.15) is 0 Å². The van der Waals surface area contributed by atoms with Crippen molar-refractivity contribution in [3.8, 4) is 45.6 Å². The van der Waals surface area contributed by atoms with E-state index < -0.39 is 0 Å². The Hall–Kier alpha value is -4.36. The number of H-pyrrole nitrogens is 2. The van der Waals surface area contributed by atoms with Crippen molar-refractivity contribution in [2.24, 2.45) is 0 Å². The van der Waals surface area contributed by atoms with Crippen LogP contribution < -0.4 is 0 Å². The van der Waals surface area contributed by atoms with Crippen molar-refractivity contribution in [2.75, 3.05) is 23.0 Å². The van der Waals surface area contributed by atoms with Crippen LogP contribution in [0, 0.1) is 0 Å². The van der Waals surface area contributed by atoms with Gasteiger partial charge in [0, 0.05) is 63.4 Å². The van der Waals surface area contributed by atoms with Gasteiger partial charge in [0.15, 0.2) is 23.3 Å². The lowest BCUT2D eigenvalue weighted by Gasteiger charge is -2.08. The molecular formula is C96H146N8S4. The Morgan fingerprint density at radius 1 is 0.213 bits per heavy atom. The van der Waals surface area contributed by atoms with Gasteiger partial charge in [0.05, 0.1) is 0 Å². The number of hydrogen-bond acceptors (Lipinski definition) is 10. The van der Waals surface area contributed by atoms with Crippen molar-refractivity contribution in [1.82, 2.24) is 39.9 Å². The minimum atomic E-state index is 0.683. The molecular weight excluding hydrogens is 1390 g/mol. The molecule has 3 aromatic heterocycles. The molecule has 0 amide bonds. The zero-order chi connectivity index (χ0) is 74.9. The van der Waals surface area contributed by atoms with Gasteiger partial charge in [-0.1, -0.05) is 410 Å². The van der Waals surface area contributed by atoms with Gasteiger partial charge >= 0.3 is 0 Å². The van der Waals surface area contributed by atoms with Crippen LogP contribution in [0.3, 0.4) is 0 Å². The SMILES string of the molecule is CCCCCCCCCCCCCCCCSc1cccc2c1-c1nc-2nc2[nH]c(nc3nc(nc4[nH]c(n1)c1cccc(SCCCCCCCCCCCCCCCC)c41)-c1cccc(SCCCCCCCCCCCCCCCC)c1-3)c1cccc(SCCCCCCCCCCCCCCCC)c21. The summed E-state index contributed by atoms with van der Waals surface area (Å²) in [5, 5.41) is 4.30. The zero-order valence-corrected chi connectivity index (χ0v) is 71.9. The molecule has 2 aliphatic heterocycles. The summed E-state index contributed by atoms with van der Waals surface area (Å²) in [6.45, 7) is 9.25. The van der Waals surface area contributed by atoms with Crippen LogP contribution in [0.4, 0.5) is 0 Å². The van der Waals surface area contributed by atoms with Gasteiger partial charge in [-0.15, -0.1) is 47.0 Å². The van der Waals surface area contributed by atoms with E-state index in [2.05, 4.69) is 110 Å². The Morgan fingerprint density at radius 2 is 0.426 bits per heavy atom. The van der Waals surface area contributed by atoms with Crippen molar-refractivity contribution in [2.45, 2.75) is 407 Å². The first-order chi connectivity index (χ1) is 53.6. The summed E-state index contributed by atoms with van der Waals surface area (Å²) >= 11 is 7.86. The third-order valence-corrected chi connectivity index (χ3v) is 27.4. The fourth-order valence-corrected chi connectivity index (χ4v) is 20.6. The topological polar surface area (TPSA) is 109 Å². The smallest absolute Gasteiger partial charge is 0.165 e. The number of thioether (sulfide) groups is 4. The van der Waals surface area contributed by atoms with Crippen molar-refractivity contribution < 1.29 is 0 Å². The number of nitrogens with zero attached hydrogens (tertiary/aromatic N) is 6. The summed E-state index contributed by atoms with van der Waals surface area (Å²) in [4.78, 5) is 46.7. The van der Waals surface area contributed by atoms with Crippen LogP contribution in [-0.4, -0.2) is 62.9 Å². The fraction of sp³-hybridized carbons (Fsp3) is 0.667. The molecule has 0 unspecified atom stereocenters. The van der Waals surface area contributed by atoms with E-state index in [0.29, 0.717) is 23.3 Å². The maximum absolute atomic E-state index is 5.71. The highest BCUT2D eigenvalue weighted by atomic mass is 32.2. The minimum Gasteiger partial charge on any atom is -0.324 e. The first-order valence-electron chi connectivity index (χ1n) is 45.5. The quantitative estimate of drug-likeness (QED) is 0.0283. The Bertz CT molecular complexity index is 3520. The number of benzene rings is 4. The van der Waals surface area contributed by atoms with Crippen LogP contribution in [-0.2, 0) is 0 Å². The lowest BCUT2D eigenvalue weighted by atomic mass is 10.0. The van der Waals surface area contributed by atoms with Gasteiger partial charge in [-0.25, -0.2) is 29.9 Å². The van der Waals surface area contributed by atoms with Crippen LogP contribution in [0.1, 0.15) is 387 Å². The van der Waals surface area contributed by atoms with E-state index in [1.54, 1.807) is 0 Å². The molecule has 8 bridgehead atoms. The van der Waals surface area contributed by atoms with E-state index in [9.17, 15) is 0 Å². The molecule has 12 heteroatoms. The monoisotopic (exact) mass is 1540 g/mol. The van der Waals surface area contributed by atoms with Crippen molar-refractivity contribution >= 4 is 91.2 Å².